The first-order chi connectivity index (χ1) is 8.11. The van der Waals surface area contributed by atoms with E-state index in [-0.39, 0.29) is 0 Å². The normalized spacial score (nSPS) is 11.9. The van der Waals surface area contributed by atoms with Gasteiger partial charge >= 0.3 is 0 Å². The lowest BCUT2D eigenvalue weighted by molar-refractivity contribution is 0.665. The first-order valence-electron chi connectivity index (χ1n) is 6.27. The van der Waals surface area contributed by atoms with Gasteiger partial charge in [-0.25, -0.2) is 0 Å². The molecule has 3 N–H and O–H groups in total. The Morgan fingerprint density at radius 2 is 1.94 bits per heavy atom. The van der Waals surface area contributed by atoms with E-state index in [1.807, 2.05) is 12.1 Å². The average Bonchev–Trinajstić information content (AvgIpc) is 2.29. The predicted octanol–water partition coefficient (Wildman–Crippen LogP) is 3.02. The minimum Gasteiger partial charge on any atom is -0.370 e. The summed E-state index contributed by atoms with van der Waals surface area (Å²) in [5.74, 6) is 1.02. The summed E-state index contributed by atoms with van der Waals surface area (Å²) < 4.78 is 0. The molecule has 0 heterocycles. The summed E-state index contributed by atoms with van der Waals surface area (Å²) >= 11 is 0. The maximum Gasteiger partial charge on any atom is 0.193 e. The van der Waals surface area contributed by atoms with Crippen molar-refractivity contribution in [1.29, 1.82) is 0 Å². The van der Waals surface area contributed by atoms with Gasteiger partial charge in [-0.3, -0.25) is 4.99 Å². The van der Waals surface area contributed by atoms with Crippen molar-refractivity contribution in [3.8, 4) is 0 Å². The van der Waals surface area contributed by atoms with Crippen molar-refractivity contribution in [1.82, 2.24) is 0 Å². The van der Waals surface area contributed by atoms with Crippen LogP contribution in [0.25, 0.3) is 0 Å². The minimum atomic E-state index is 0.488. The van der Waals surface area contributed by atoms with Gasteiger partial charge in [0, 0.05) is 12.2 Å². The molecule has 0 aromatic heterocycles. The second kappa shape index (κ2) is 6.94. The molecule has 0 aliphatic carbocycles. The molecule has 0 bridgehead atoms. The molecule has 0 spiro atoms. The maximum atomic E-state index is 5.79. The highest BCUT2D eigenvalue weighted by Crippen LogP contribution is 2.10. The Bertz CT molecular complexity index is 352. The van der Waals surface area contributed by atoms with Crippen LogP contribution in [0.15, 0.2) is 29.3 Å². The van der Waals surface area contributed by atoms with E-state index in [0.717, 1.165) is 18.7 Å². The molecular weight excluding hydrogens is 210 g/mol. The Balaban J connectivity index is 2.53. The Labute approximate surface area is 104 Å². The summed E-state index contributed by atoms with van der Waals surface area (Å²) in [5, 5.41) is 3.09. The fourth-order valence-electron chi connectivity index (χ4n) is 1.51. The van der Waals surface area contributed by atoms with E-state index in [4.69, 9.17) is 5.73 Å². The van der Waals surface area contributed by atoms with Crippen molar-refractivity contribution in [2.24, 2.45) is 16.6 Å². The number of nitrogens with two attached hydrogens (primary N) is 1. The molecule has 1 aromatic rings. The van der Waals surface area contributed by atoms with Crippen molar-refractivity contribution in [3.05, 3.63) is 29.8 Å². The number of guanidine groups is 1. The van der Waals surface area contributed by atoms with Gasteiger partial charge in [0.05, 0.1) is 0 Å². The predicted molar refractivity (Wildman–Crippen MR) is 75.4 cm³/mol. The van der Waals surface area contributed by atoms with Gasteiger partial charge in [0.2, 0.25) is 0 Å². The molecule has 0 atom stereocenters. The quantitative estimate of drug-likeness (QED) is 0.606. The second-order valence-electron chi connectivity index (χ2n) is 4.69. The van der Waals surface area contributed by atoms with Crippen LogP contribution in [-0.2, 0) is 6.42 Å². The van der Waals surface area contributed by atoms with Crippen molar-refractivity contribution in [2.45, 2.75) is 33.6 Å². The zero-order chi connectivity index (χ0) is 12.7. The number of rotatable bonds is 5. The molecule has 94 valence electrons. The Morgan fingerprint density at radius 1 is 1.29 bits per heavy atom. The molecule has 0 unspecified atom stereocenters. The largest absolute Gasteiger partial charge is 0.370 e. The van der Waals surface area contributed by atoms with E-state index in [9.17, 15) is 0 Å². The summed E-state index contributed by atoms with van der Waals surface area (Å²) in [6, 6.07) is 8.34. The molecule has 3 nitrogen and oxygen atoms in total. The highest BCUT2D eigenvalue weighted by atomic mass is 15.1. The lowest BCUT2D eigenvalue weighted by Gasteiger charge is -2.07. The Morgan fingerprint density at radius 3 is 2.47 bits per heavy atom. The second-order valence-corrected chi connectivity index (χ2v) is 4.69. The van der Waals surface area contributed by atoms with E-state index in [1.54, 1.807) is 0 Å². The number of hydrogen-bond acceptors (Lipinski definition) is 1. The SMILES string of the molecule is CCCc1ccc(NC(N)=NCC(C)C)cc1. The highest BCUT2D eigenvalue weighted by molar-refractivity contribution is 5.92. The monoisotopic (exact) mass is 233 g/mol. The maximum absolute atomic E-state index is 5.79. The molecule has 0 fully saturated rings. The lowest BCUT2D eigenvalue weighted by atomic mass is 10.1. The smallest absolute Gasteiger partial charge is 0.193 e. The number of nitrogens with one attached hydrogen (secondary N) is 1. The molecule has 17 heavy (non-hydrogen) atoms. The first-order valence-corrected chi connectivity index (χ1v) is 6.27. The van der Waals surface area contributed by atoms with Crippen molar-refractivity contribution in [2.75, 3.05) is 11.9 Å². The third kappa shape index (κ3) is 5.38. The molecule has 0 radical (unpaired) electrons. The number of nitrogens with zero attached hydrogens (tertiary/aromatic N) is 1. The van der Waals surface area contributed by atoms with Crippen molar-refractivity contribution < 1.29 is 0 Å². The van der Waals surface area contributed by atoms with Gasteiger partial charge in [-0.05, 0) is 30.0 Å². The topological polar surface area (TPSA) is 50.4 Å². The van der Waals surface area contributed by atoms with Gasteiger partial charge in [0.15, 0.2) is 5.96 Å². The van der Waals surface area contributed by atoms with Gasteiger partial charge in [0.25, 0.3) is 0 Å². The van der Waals surface area contributed by atoms with Crippen LogP contribution in [0, 0.1) is 5.92 Å². The van der Waals surface area contributed by atoms with Crippen molar-refractivity contribution in [3.63, 3.8) is 0 Å². The number of hydrogen-bond donors (Lipinski definition) is 2. The molecule has 0 amide bonds. The van der Waals surface area contributed by atoms with E-state index in [2.05, 4.69) is 43.2 Å². The van der Waals surface area contributed by atoms with E-state index < -0.39 is 0 Å². The number of aliphatic imine (C=N–C) groups is 1. The summed E-state index contributed by atoms with van der Waals surface area (Å²) in [6.07, 6.45) is 2.29. The zero-order valence-corrected chi connectivity index (χ0v) is 11.0. The van der Waals surface area contributed by atoms with Gasteiger partial charge < -0.3 is 11.1 Å². The fraction of sp³-hybridized carbons (Fsp3) is 0.500. The zero-order valence-electron chi connectivity index (χ0n) is 11.0. The number of anilines is 1. The molecule has 1 aromatic carbocycles. The molecule has 0 aliphatic heterocycles. The lowest BCUT2D eigenvalue weighted by Crippen LogP contribution is -2.23. The third-order valence-corrected chi connectivity index (χ3v) is 2.39. The summed E-state index contributed by atoms with van der Waals surface area (Å²) in [6.45, 7) is 7.18. The van der Waals surface area contributed by atoms with Gasteiger partial charge in [-0.1, -0.05) is 39.3 Å². The third-order valence-electron chi connectivity index (χ3n) is 2.39. The van der Waals surface area contributed by atoms with Crippen LogP contribution in [0.1, 0.15) is 32.8 Å². The fourth-order valence-corrected chi connectivity index (χ4v) is 1.51. The average molecular weight is 233 g/mol. The summed E-state index contributed by atoms with van der Waals surface area (Å²) in [7, 11) is 0. The van der Waals surface area contributed by atoms with E-state index >= 15 is 0 Å². The summed E-state index contributed by atoms with van der Waals surface area (Å²) in [5.41, 5.74) is 8.14. The number of benzene rings is 1. The van der Waals surface area contributed by atoms with Crippen LogP contribution < -0.4 is 11.1 Å². The van der Waals surface area contributed by atoms with Crippen molar-refractivity contribution >= 4 is 11.6 Å². The van der Waals surface area contributed by atoms with Crippen LogP contribution in [0.5, 0.6) is 0 Å². The molecule has 0 aliphatic rings. The Kier molecular flexibility index (Phi) is 5.53. The minimum absolute atomic E-state index is 0.488. The molecule has 0 saturated carbocycles. The number of aryl methyl sites for hydroxylation is 1. The molecule has 3 heteroatoms. The van der Waals surface area contributed by atoms with E-state index in [0.29, 0.717) is 11.9 Å². The van der Waals surface area contributed by atoms with Gasteiger partial charge in [0.1, 0.15) is 0 Å². The van der Waals surface area contributed by atoms with Crippen LogP contribution in [0.4, 0.5) is 5.69 Å². The standard InChI is InChI=1S/C14H23N3/c1-4-5-12-6-8-13(9-7-12)17-14(15)16-10-11(2)3/h6-9,11H,4-5,10H2,1-3H3,(H3,15,16,17). The van der Waals surface area contributed by atoms with Crippen LogP contribution in [-0.4, -0.2) is 12.5 Å². The van der Waals surface area contributed by atoms with Crippen LogP contribution in [0.3, 0.4) is 0 Å². The highest BCUT2D eigenvalue weighted by Gasteiger charge is 1.97. The van der Waals surface area contributed by atoms with Crippen LogP contribution in [0.2, 0.25) is 0 Å². The molecular formula is C14H23N3. The van der Waals surface area contributed by atoms with Gasteiger partial charge in [-0.15, -0.1) is 0 Å². The Hall–Kier alpha value is -1.51. The van der Waals surface area contributed by atoms with Crippen LogP contribution >= 0.6 is 0 Å². The summed E-state index contributed by atoms with van der Waals surface area (Å²) in [4.78, 5) is 4.26. The molecule has 0 saturated heterocycles. The van der Waals surface area contributed by atoms with Gasteiger partial charge in [-0.2, -0.15) is 0 Å². The molecule has 1 rings (SSSR count). The first kappa shape index (κ1) is 13.6. The van der Waals surface area contributed by atoms with E-state index in [1.165, 1.54) is 12.0 Å².